The fourth-order valence-corrected chi connectivity index (χ4v) is 3.53. The number of carbonyl (C=O) groups excluding carboxylic acids is 2. The summed E-state index contributed by atoms with van der Waals surface area (Å²) in [5.41, 5.74) is 6.88. The Bertz CT molecular complexity index is 976. The lowest BCUT2D eigenvalue weighted by Crippen LogP contribution is -2.22. The number of H-pyrrole nitrogens is 1. The van der Waals surface area contributed by atoms with Gasteiger partial charge in [-0.05, 0) is 56.9 Å². The van der Waals surface area contributed by atoms with Crippen molar-refractivity contribution in [3.63, 3.8) is 0 Å². The number of benzene rings is 1. The summed E-state index contributed by atoms with van der Waals surface area (Å²) in [5, 5.41) is 4.35. The highest BCUT2D eigenvalue weighted by Gasteiger charge is 2.26. The molecule has 4 rings (SSSR count). The van der Waals surface area contributed by atoms with Gasteiger partial charge in [-0.25, -0.2) is 10.2 Å². The van der Waals surface area contributed by atoms with Crippen LogP contribution in [0.3, 0.4) is 0 Å². The number of hydrogen-bond acceptors (Lipinski definition) is 6. The normalized spacial score (nSPS) is 16.0. The van der Waals surface area contributed by atoms with E-state index in [-0.39, 0.29) is 18.7 Å². The van der Waals surface area contributed by atoms with Crippen molar-refractivity contribution in [1.29, 1.82) is 0 Å². The van der Waals surface area contributed by atoms with Gasteiger partial charge in [0.15, 0.2) is 11.5 Å². The number of ether oxygens (including phenoxy) is 3. The van der Waals surface area contributed by atoms with Crippen molar-refractivity contribution >= 4 is 17.6 Å². The van der Waals surface area contributed by atoms with E-state index < -0.39 is 0 Å². The molecule has 0 fully saturated rings. The third-order valence-corrected chi connectivity index (χ3v) is 4.86. The minimum Gasteiger partial charge on any atom is -0.461 e. The number of esters is 1. The van der Waals surface area contributed by atoms with Gasteiger partial charge in [0, 0.05) is 16.8 Å². The van der Waals surface area contributed by atoms with Gasteiger partial charge in [-0.3, -0.25) is 4.79 Å². The summed E-state index contributed by atoms with van der Waals surface area (Å²) in [6, 6.07) is 4.99. The third kappa shape index (κ3) is 3.21. The molecule has 1 aromatic carbocycles. The Kier molecular flexibility index (Phi) is 4.77. The monoisotopic (exact) mass is 383 g/mol. The molecule has 8 nitrogen and oxygen atoms in total. The van der Waals surface area contributed by atoms with Gasteiger partial charge in [-0.15, -0.1) is 0 Å². The molecule has 0 bridgehead atoms. The molecule has 28 heavy (non-hydrogen) atoms. The van der Waals surface area contributed by atoms with Gasteiger partial charge in [0.2, 0.25) is 6.79 Å². The van der Waals surface area contributed by atoms with E-state index in [1.165, 1.54) is 0 Å². The Balaban J connectivity index is 1.56. The van der Waals surface area contributed by atoms with Crippen LogP contribution in [0.1, 0.15) is 57.4 Å². The fraction of sp³-hybridized carbons (Fsp3) is 0.350. The highest BCUT2D eigenvalue weighted by Crippen LogP contribution is 2.32. The summed E-state index contributed by atoms with van der Waals surface area (Å²) in [7, 11) is 0. The van der Waals surface area contributed by atoms with Crippen LogP contribution in [-0.2, 0) is 11.2 Å². The van der Waals surface area contributed by atoms with E-state index in [2.05, 4.69) is 15.5 Å². The van der Waals surface area contributed by atoms with Gasteiger partial charge in [0.25, 0.3) is 5.91 Å². The molecule has 1 aliphatic carbocycles. The highest BCUT2D eigenvalue weighted by molar-refractivity contribution is 6.07. The molecule has 1 amide bonds. The van der Waals surface area contributed by atoms with Crippen LogP contribution in [0.5, 0.6) is 11.5 Å². The first-order valence-corrected chi connectivity index (χ1v) is 9.24. The number of carbonyl (C=O) groups is 2. The lowest BCUT2D eigenvalue weighted by atomic mass is 9.93. The number of fused-ring (bicyclic) bond motifs is 2. The van der Waals surface area contributed by atoms with E-state index >= 15 is 0 Å². The Morgan fingerprint density at radius 2 is 2.07 bits per heavy atom. The summed E-state index contributed by atoms with van der Waals surface area (Å²) in [6.07, 6.45) is 2.42. The standard InChI is InChI=1S/C20H21N3O5/c1-3-26-20(25)18-11(2)17-13(21-18)5-4-6-14(17)22-23-19(24)12-7-8-15-16(9-12)28-10-27-15/h7-9,21H,3-6,10H2,1-2H3,(H,23,24)/b22-14+. The van der Waals surface area contributed by atoms with Crippen molar-refractivity contribution in [3.05, 3.63) is 46.3 Å². The summed E-state index contributed by atoms with van der Waals surface area (Å²) < 4.78 is 15.7. The molecule has 0 saturated heterocycles. The molecule has 8 heteroatoms. The molecule has 0 spiro atoms. The average Bonchev–Trinajstić information content (AvgIpc) is 3.30. The molecule has 2 heterocycles. The zero-order valence-corrected chi connectivity index (χ0v) is 15.8. The molecule has 2 aromatic rings. The lowest BCUT2D eigenvalue weighted by molar-refractivity contribution is 0.0519. The number of hydrogen-bond donors (Lipinski definition) is 2. The van der Waals surface area contributed by atoms with Crippen LogP contribution < -0.4 is 14.9 Å². The van der Waals surface area contributed by atoms with Crippen LogP contribution in [0.25, 0.3) is 0 Å². The van der Waals surface area contributed by atoms with E-state index in [0.29, 0.717) is 29.4 Å². The fourth-order valence-electron chi connectivity index (χ4n) is 3.53. The van der Waals surface area contributed by atoms with Crippen molar-refractivity contribution < 1.29 is 23.8 Å². The molecule has 1 aromatic heterocycles. The number of amides is 1. The maximum atomic E-state index is 12.5. The Hall–Kier alpha value is -3.29. The Morgan fingerprint density at radius 1 is 1.25 bits per heavy atom. The topological polar surface area (TPSA) is 102 Å². The SMILES string of the molecule is CCOC(=O)c1[nH]c2c(c1C)/C(=N/NC(=O)c1ccc3c(c1)OCO3)CCC2. The molecule has 0 unspecified atom stereocenters. The molecule has 0 atom stereocenters. The number of aromatic amines is 1. The van der Waals surface area contributed by atoms with Gasteiger partial charge in [-0.2, -0.15) is 5.10 Å². The van der Waals surface area contributed by atoms with Crippen LogP contribution >= 0.6 is 0 Å². The minimum atomic E-state index is -0.377. The first-order valence-electron chi connectivity index (χ1n) is 9.24. The molecule has 0 saturated carbocycles. The van der Waals surface area contributed by atoms with Crippen molar-refractivity contribution in [2.24, 2.45) is 5.10 Å². The Morgan fingerprint density at radius 3 is 2.89 bits per heavy atom. The highest BCUT2D eigenvalue weighted by atomic mass is 16.7. The zero-order chi connectivity index (χ0) is 19.7. The number of nitrogens with one attached hydrogen (secondary N) is 2. The number of aromatic nitrogens is 1. The molecule has 2 aliphatic rings. The average molecular weight is 383 g/mol. The number of aryl methyl sites for hydroxylation is 1. The molecule has 1 aliphatic heterocycles. The predicted octanol–water partition coefficient (Wildman–Crippen LogP) is 2.70. The van der Waals surface area contributed by atoms with Crippen molar-refractivity contribution in [2.45, 2.75) is 33.1 Å². The van der Waals surface area contributed by atoms with Crippen LogP contribution in [0, 0.1) is 6.92 Å². The summed E-state index contributed by atoms with van der Waals surface area (Å²) in [6.45, 7) is 4.10. The summed E-state index contributed by atoms with van der Waals surface area (Å²) in [4.78, 5) is 27.8. The molecule has 2 N–H and O–H groups in total. The number of hydrazone groups is 1. The summed E-state index contributed by atoms with van der Waals surface area (Å²) >= 11 is 0. The van der Waals surface area contributed by atoms with Gasteiger partial charge < -0.3 is 19.2 Å². The molecule has 146 valence electrons. The van der Waals surface area contributed by atoms with Crippen LogP contribution in [0.2, 0.25) is 0 Å². The molecule has 0 radical (unpaired) electrons. The van der Waals surface area contributed by atoms with Gasteiger partial charge >= 0.3 is 5.97 Å². The largest absolute Gasteiger partial charge is 0.461 e. The minimum absolute atomic E-state index is 0.154. The predicted molar refractivity (Wildman–Crippen MR) is 101 cm³/mol. The second-order valence-corrected chi connectivity index (χ2v) is 6.62. The molecular formula is C20H21N3O5. The quantitative estimate of drug-likeness (QED) is 0.624. The van der Waals surface area contributed by atoms with Gasteiger partial charge in [0.05, 0.1) is 12.3 Å². The third-order valence-electron chi connectivity index (χ3n) is 4.86. The van der Waals surface area contributed by atoms with E-state index in [4.69, 9.17) is 14.2 Å². The first-order chi connectivity index (χ1) is 13.6. The van der Waals surface area contributed by atoms with Crippen LogP contribution in [0.15, 0.2) is 23.3 Å². The van der Waals surface area contributed by atoms with Gasteiger partial charge in [0.1, 0.15) is 5.69 Å². The zero-order valence-electron chi connectivity index (χ0n) is 15.8. The van der Waals surface area contributed by atoms with Crippen molar-refractivity contribution in [1.82, 2.24) is 10.4 Å². The maximum Gasteiger partial charge on any atom is 0.355 e. The molecular weight excluding hydrogens is 362 g/mol. The smallest absolute Gasteiger partial charge is 0.355 e. The van der Waals surface area contributed by atoms with Crippen molar-refractivity contribution in [3.8, 4) is 11.5 Å². The first kappa shape index (κ1) is 18.1. The van der Waals surface area contributed by atoms with Crippen LogP contribution in [-0.4, -0.2) is 36.0 Å². The number of rotatable bonds is 4. The maximum absolute atomic E-state index is 12.5. The van der Waals surface area contributed by atoms with Crippen molar-refractivity contribution in [2.75, 3.05) is 13.4 Å². The van der Waals surface area contributed by atoms with E-state index in [0.717, 1.165) is 41.8 Å². The summed E-state index contributed by atoms with van der Waals surface area (Å²) in [5.74, 6) is 0.449. The second-order valence-electron chi connectivity index (χ2n) is 6.62. The lowest BCUT2D eigenvalue weighted by Gasteiger charge is -2.15. The van der Waals surface area contributed by atoms with Gasteiger partial charge in [-0.1, -0.05) is 0 Å². The van der Waals surface area contributed by atoms with E-state index in [9.17, 15) is 9.59 Å². The van der Waals surface area contributed by atoms with E-state index in [1.54, 1.807) is 25.1 Å². The second kappa shape index (κ2) is 7.38. The van der Waals surface area contributed by atoms with E-state index in [1.807, 2.05) is 6.92 Å². The number of nitrogens with zero attached hydrogens (tertiary/aromatic N) is 1. The van der Waals surface area contributed by atoms with Crippen LogP contribution in [0.4, 0.5) is 0 Å². The Labute approximate surface area is 161 Å².